The fourth-order valence-electron chi connectivity index (χ4n) is 1.74. The summed E-state index contributed by atoms with van der Waals surface area (Å²) in [5, 5.41) is 0. The Hall–Kier alpha value is -1.52. The zero-order chi connectivity index (χ0) is 12.1. The second kappa shape index (κ2) is 5.53. The van der Waals surface area contributed by atoms with E-state index in [-0.39, 0.29) is 18.1 Å². The second-order valence-electron chi connectivity index (χ2n) is 3.64. The highest BCUT2D eigenvalue weighted by molar-refractivity contribution is 5.76. The van der Waals surface area contributed by atoms with E-state index < -0.39 is 5.92 Å². The maximum absolute atomic E-state index is 11.5. The lowest BCUT2D eigenvalue weighted by Crippen LogP contribution is -2.42. The number of carbonyl (C=O) groups is 2. The predicted octanol–water partition coefficient (Wildman–Crippen LogP) is 1.19. The number of esters is 1. The highest BCUT2D eigenvalue weighted by Gasteiger charge is 2.34. The molecule has 1 saturated heterocycles. The Bertz CT molecular complexity index is 300. The Morgan fingerprint density at radius 1 is 1.62 bits per heavy atom. The van der Waals surface area contributed by atoms with Crippen molar-refractivity contribution in [2.75, 3.05) is 20.3 Å². The second-order valence-corrected chi connectivity index (χ2v) is 3.64. The molecule has 2 unspecified atom stereocenters. The van der Waals surface area contributed by atoms with Gasteiger partial charge in [-0.2, -0.15) is 0 Å². The van der Waals surface area contributed by atoms with E-state index in [1.807, 2.05) is 19.1 Å². The van der Waals surface area contributed by atoms with E-state index in [0.717, 1.165) is 0 Å². The first-order chi connectivity index (χ1) is 7.61. The van der Waals surface area contributed by atoms with Crippen LogP contribution in [0, 0.1) is 5.92 Å². The SMILES string of the molecule is C/C=C/C(C(C)C(=O)OC)N1CCOC1=O. The third-order valence-electron chi connectivity index (χ3n) is 2.63. The molecule has 0 spiro atoms. The quantitative estimate of drug-likeness (QED) is 0.534. The number of hydrogen-bond acceptors (Lipinski definition) is 4. The van der Waals surface area contributed by atoms with E-state index in [9.17, 15) is 9.59 Å². The highest BCUT2D eigenvalue weighted by Crippen LogP contribution is 2.18. The Morgan fingerprint density at radius 3 is 2.75 bits per heavy atom. The highest BCUT2D eigenvalue weighted by atomic mass is 16.6. The van der Waals surface area contributed by atoms with E-state index in [1.165, 1.54) is 7.11 Å². The third kappa shape index (κ3) is 2.53. The number of nitrogens with zero attached hydrogens (tertiary/aromatic N) is 1. The number of hydrogen-bond donors (Lipinski definition) is 0. The van der Waals surface area contributed by atoms with Crippen LogP contribution in [0.5, 0.6) is 0 Å². The van der Waals surface area contributed by atoms with Gasteiger partial charge in [0.1, 0.15) is 6.61 Å². The predicted molar refractivity (Wildman–Crippen MR) is 57.8 cm³/mol. The van der Waals surface area contributed by atoms with Crippen LogP contribution in [0.25, 0.3) is 0 Å². The van der Waals surface area contributed by atoms with Crippen molar-refractivity contribution < 1.29 is 19.1 Å². The fourth-order valence-corrected chi connectivity index (χ4v) is 1.74. The van der Waals surface area contributed by atoms with E-state index >= 15 is 0 Å². The largest absolute Gasteiger partial charge is 0.469 e. The van der Waals surface area contributed by atoms with E-state index in [4.69, 9.17) is 4.74 Å². The number of ether oxygens (including phenoxy) is 2. The van der Waals surface area contributed by atoms with Crippen molar-refractivity contribution in [2.24, 2.45) is 5.92 Å². The monoisotopic (exact) mass is 227 g/mol. The van der Waals surface area contributed by atoms with Crippen LogP contribution in [-0.4, -0.2) is 43.3 Å². The van der Waals surface area contributed by atoms with Gasteiger partial charge in [0.15, 0.2) is 0 Å². The third-order valence-corrected chi connectivity index (χ3v) is 2.63. The molecule has 1 heterocycles. The standard InChI is InChI=1S/C11H17NO4/c1-4-5-9(8(2)10(13)15-3)12-6-7-16-11(12)14/h4-5,8-9H,6-7H2,1-3H3/b5-4+. The van der Waals surface area contributed by atoms with Crippen molar-refractivity contribution in [3.63, 3.8) is 0 Å². The molecule has 5 heteroatoms. The summed E-state index contributed by atoms with van der Waals surface area (Å²) in [7, 11) is 1.34. The number of carbonyl (C=O) groups excluding carboxylic acids is 2. The van der Waals surface area contributed by atoms with Gasteiger partial charge in [0, 0.05) is 0 Å². The molecule has 0 aromatic heterocycles. The minimum atomic E-state index is -0.396. The molecule has 0 saturated carbocycles. The molecule has 0 aromatic carbocycles. The molecule has 0 N–H and O–H groups in total. The van der Waals surface area contributed by atoms with Gasteiger partial charge in [-0.3, -0.25) is 9.69 Å². The van der Waals surface area contributed by atoms with Crippen molar-refractivity contribution in [1.82, 2.24) is 4.90 Å². The van der Waals surface area contributed by atoms with Crippen LogP contribution in [-0.2, 0) is 14.3 Å². The maximum atomic E-state index is 11.5. The summed E-state index contributed by atoms with van der Waals surface area (Å²) < 4.78 is 9.54. The molecule has 0 radical (unpaired) electrons. The zero-order valence-electron chi connectivity index (χ0n) is 9.80. The van der Waals surface area contributed by atoms with E-state index in [2.05, 4.69) is 4.74 Å². The van der Waals surface area contributed by atoms with Gasteiger partial charge in [-0.05, 0) is 13.8 Å². The Kier molecular flexibility index (Phi) is 4.34. The molecule has 2 atom stereocenters. The lowest BCUT2D eigenvalue weighted by molar-refractivity contribution is -0.146. The molecule has 1 aliphatic heterocycles. The molecule has 0 bridgehead atoms. The Balaban J connectivity index is 2.81. The molecule has 1 amide bonds. The number of methoxy groups -OCH3 is 1. The first-order valence-electron chi connectivity index (χ1n) is 5.25. The fraction of sp³-hybridized carbons (Fsp3) is 0.636. The van der Waals surface area contributed by atoms with Gasteiger partial charge in [0.2, 0.25) is 0 Å². The van der Waals surface area contributed by atoms with Gasteiger partial charge in [0.25, 0.3) is 0 Å². The maximum Gasteiger partial charge on any atom is 0.410 e. The summed E-state index contributed by atoms with van der Waals surface area (Å²) in [6, 6.07) is -0.299. The van der Waals surface area contributed by atoms with Gasteiger partial charge < -0.3 is 9.47 Å². The van der Waals surface area contributed by atoms with Crippen LogP contribution in [0.1, 0.15) is 13.8 Å². The van der Waals surface area contributed by atoms with Crippen LogP contribution in [0.15, 0.2) is 12.2 Å². The Morgan fingerprint density at radius 2 is 2.31 bits per heavy atom. The smallest absolute Gasteiger partial charge is 0.410 e. The summed E-state index contributed by atoms with van der Waals surface area (Å²) in [5.74, 6) is -0.727. The van der Waals surface area contributed by atoms with Crippen molar-refractivity contribution in [1.29, 1.82) is 0 Å². The lowest BCUT2D eigenvalue weighted by Gasteiger charge is -2.26. The Labute approximate surface area is 95.0 Å². The molecule has 1 aliphatic rings. The van der Waals surface area contributed by atoms with Crippen molar-refractivity contribution in [3.8, 4) is 0 Å². The molecule has 0 aromatic rings. The first kappa shape index (κ1) is 12.5. The first-order valence-corrected chi connectivity index (χ1v) is 5.25. The number of allylic oxidation sites excluding steroid dienone is 1. The van der Waals surface area contributed by atoms with Crippen molar-refractivity contribution >= 4 is 12.1 Å². The average Bonchev–Trinajstić information content (AvgIpc) is 2.70. The normalized spacial score (nSPS) is 19.7. The summed E-state index contributed by atoms with van der Waals surface area (Å²) in [4.78, 5) is 24.4. The molecule has 1 fully saturated rings. The summed E-state index contributed by atoms with van der Waals surface area (Å²) in [5.41, 5.74) is 0. The number of amides is 1. The minimum Gasteiger partial charge on any atom is -0.469 e. The van der Waals surface area contributed by atoms with Gasteiger partial charge in [-0.1, -0.05) is 12.2 Å². The molecule has 0 aliphatic carbocycles. The minimum absolute atomic E-state index is 0.299. The summed E-state index contributed by atoms with van der Waals surface area (Å²) >= 11 is 0. The van der Waals surface area contributed by atoms with Crippen LogP contribution >= 0.6 is 0 Å². The molecule has 1 rings (SSSR count). The molecule has 5 nitrogen and oxygen atoms in total. The molecule has 90 valence electrons. The van der Waals surface area contributed by atoms with E-state index in [1.54, 1.807) is 11.8 Å². The average molecular weight is 227 g/mol. The zero-order valence-corrected chi connectivity index (χ0v) is 9.80. The molecule has 16 heavy (non-hydrogen) atoms. The van der Waals surface area contributed by atoms with Gasteiger partial charge in [-0.15, -0.1) is 0 Å². The summed E-state index contributed by atoms with van der Waals surface area (Å²) in [6.07, 6.45) is 3.25. The van der Waals surface area contributed by atoms with E-state index in [0.29, 0.717) is 13.2 Å². The lowest BCUT2D eigenvalue weighted by atomic mass is 10.0. The number of cyclic esters (lactones) is 1. The number of rotatable bonds is 4. The molecular weight excluding hydrogens is 210 g/mol. The van der Waals surface area contributed by atoms with Crippen LogP contribution < -0.4 is 0 Å². The van der Waals surface area contributed by atoms with Gasteiger partial charge in [0.05, 0.1) is 25.6 Å². The van der Waals surface area contributed by atoms with Crippen LogP contribution in [0.2, 0.25) is 0 Å². The van der Waals surface area contributed by atoms with Crippen molar-refractivity contribution in [2.45, 2.75) is 19.9 Å². The topological polar surface area (TPSA) is 55.8 Å². The van der Waals surface area contributed by atoms with Crippen LogP contribution in [0.4, 0.5) is 4.79 Å². The van der Waals surface area contributed by atoms with Crippen molar-refractivity contribution in [3.05, 3.63) is 12.2 Å². The van der Waals surface area contributed by atoms with Gasteiger partial charge in [-0.25, -0.2) is 4.79 Å². The van der Waals surface area contributed by atoms with Crippen LogP contribution in [0.3, 0.4) is 0 Å². The summed E-state index contributed by atoms with van der Waals surface area (Å²) in [6.45, 7) is 4.47. The van der Waals surface area contributed by atoms with Gasteiger partial charge >= 0.3 is 12.1 Å². The molecular formula is C11H17NO4.